The Bertz CT molecular complexity index is 1540. The summed E-state index contributed by atoms with van der Waals surface area (Å²) in [6.45, 7) is 5.84. The number of carboxylic acids is 1. The Labute approximate surface area is 456 Å². The quantitative estimate of drug-likeness (QED) is 0.0228. The normalized spacial score (nSPS) is 18.5. The molecule has 432 valence electrons. The first-order valence-electron chi connectivity index (χ1n) is 30.3. The average molecular weight is 1060 g/mol. The fourth-order valence-corrected chi connectivity index (χ4v) is 8.94. The lowest BCUT2D eigenvalue weighted by Crippen LogP contribution is -2.61. The summed E-state index contributed by atoms with van der Waals surface area (Å²) in [5.74, 6) is -3.17. The van der Waals surface area contributed by atoms with Crippen molar-refractivity contribution in [1.29, 1.82) is 0 Å². The molecule has 1 aliphatic rings. The largest absolute Gasteiger partial charge is 0.479 e. The summed E-state index contributed by atoms with van der Waals surface area (Å²) < 4.78 is 28.4. The van der Waals surface area contributed by atoms with E-state index in [4.69, 9.17) is 23.7 Å². The molecule has 0 saturated carbocycles. The number of carbonyl (C=O) groups excluding carboxylic acids is 3. The predicted molar refractivity (Wildman–Crippen MR) is 303 cm³/mol. The third-order valence-electron chi connectivity index (χ3n) is 13.6. The van der Waals surface area contributed by atoms with Crippen LogP contribution in [-0.4, -0.2) is 89.2 Å². The minimum atomic E-state index is -1.91. The van der Waals surface area contributed by atoms with Crippen LogP contribution in [0, 0.1) is 0 Å². The van der Waals surface area contributed by atoms with Gasteiger partial charge in [0.15, 0.2) is 24.6 Å². The fraction of sp³-hybridized carbons (Fsp3) is 0.778. The first kappa shape index (κ1) is 69.4. The van der Waals surface area contributed by atoms with E-state index in [0.29, 0.717) is 19.3 Å². The molecule has 12 nitrogen and oxygen atoms in total. The van der Waals surface area contributed by atoms with Gasteiger partial charge in [-0.25, -0.2) is 4.79 Å². The van der Waals surface area contributed by atoms with Crippen LogP contribution in [0.2, 0.25) is 0 Å². The van der Waals surface area contributed by atoms with Gasteiger partial charge in [-0.2, -0.15) is 0 Å². The van der Waals surface area contributed by atoms with Crippen molar-refractivity contribution in [3.63, 3.8) is 0 Å². The van der Waals surface area contributed by atoms with E-state index in [1.165, 1.54) is 103 Å². The van der Waals surface area contributed by atoms with Gasteiger partial charge < -0.3 is 39.0 Å². The number of aliphatic hydroxyl groups is 2. The van der Waals surface area contributed by atoms with E-state index in [2.05, 4.69) is 81.5 Å². The van der Waals surface area contributed by atoms with Crippen molar-refractivity contribution in [2.24, 2.45) is 0 Å². The van der Waals surface area contributed by atoms with Crippen molar-refractivity contribution < 1.29 is 58.2 Å². The van der Waals surface area contributed by atoms with Crippen LogP contribution >= 0.6 is 0 Å². The molecule has 0 aliphatic carbocycles. The Morgan fingerprint density at radius 3 is 1.33 bits per heavy atom. The molecule has 1 aliphatic heterocycles. The van der Waals surface area contributed by atoms with Gasteiger partial charge >= 0.3 is 23.9 Å². The third-order valence-corrected chi connectivity index (χ3v) is 13.6. The van der Waals surface area contributed by atoms with Crippen LogP contribution < -0.4 is 0 Å². The number of rotatable bonds is 51. The van der Waals surface area contributed by atoms with Crippen LogP contribution in [0.15, 0.2) is 60.8 Å². The highest BCUT2D eigenvalue weighted by atomic mass is 16.7. The van der Waals surface area contributed by atoms with Crippen LogP contribution in [0.5, 0.6) is 0 Å². The van der Waals surface area contributed by atoms with E-state index < -0.39 is 67.3 Å². The second-order valence-corrected chi connectivity index (χ2v) is 20.6. The summed E-state index contributed by atoms with van der Waals surface area (Å²) in [7, 11) is 0. The smallest absolute Gasteiger partial charge is 0.335 e. The summed E-state index contributed by atoms with van der Waals surface area (Å²) in [4.78, 5) is 51.1. The highest BCUT2D eigenvalue weighted by Crippen LogP contribution is 2.26. The minimum Gasteiger partial charge on any atom is -0.479 e. The molecule has 0 bridgehead atoms. The van der Waals surface area contributed by atoms with Crippen molar-refractivity contribution >= 4 is 23.9 Å². The van der Waals surface area contributed by atoms with Crippen LogP contribution in [-0.2, 0) is 42.9 Å². The number of ether oxygens (including phenoxy) is 5. The Balaban J connectivity index is 2.69. The van der Waals surface area contributed by atoms with E-state index in [1.807, 2.05) is 0 Å². The number of esters is 3. The minimum absolute atomic E-state index is 0.0584. The molecule has 0 radical (unpaired) electrons. The molecule has 0 spiro atoms. The molecular weight excluding hydrogens is 949 g/mol. The standard InChI is InChI=1S/C63H108O12/c1-4-7-10-13-16-19-22-25-27-28-30-33-36-39-42-45-48-51-57(66)74-61-59(68)58(67)60(62(69)70)75-63(61)72-53-54(73-56(65)50-47-44-41-38-35-31-24-21-18-15-12-9-6-3)52-71-55(64)49-46-43-40-37-34-32-29-26-23-20-17-14-11-8-5-2/h8,11,17,20-21,24,26,29,34,37,54,58-61,63,67-68H,4-7,9-10,12-16,18-19,22-23,25,27-28,30-33,35-36,38-53H2,1-3H3,(H,69,70)/b11-8-,20-17-,24-21-,29-26-,37-34-. The van der Waals surface area contributed by atoms with E-state index in [-0.39, 0.29) is 25.9 Å². The van der Waals surface area contributed by atoms with Gasteiger partial charge in [0.25, 0.3) is 0 Å². The topological polar surface area (TPSA) is 175 Å². The number of carboxylic acid groups (broad SMARTS) is 1. The molecule has 6 unspecified atom stereocenters. The summed E-state index contributed by atoms with van der Waals surface area (Å²) in [5.41, 5.74) is 0. The monoisotopic (exact) mass is 1060 g/mol. The summed E-state index contributed by atoms with van der Waals surface area (Å²) >= 11 is 0. The van der Waals surface area contributed by atoms with Gasteiger partial charge in [0, 0.05) is 19.3 Å². The third kappa shape index (κ3) is 41.2. The molecule has 0 aromatic heterocycles. The number of carbonyl (C=O) groups is 4. The molecule has 3 N–H and O–H groups in total. The van der Waals surface area contributed by atoms with Gasteiger partial charge in [-0.3, -0.25) is 14.4 Å². The number of hydrogen-bond donors (Lipinski definition) is 3. The van der Waals surface area contributed by atoms with Crippen molar-refractivity contribution in [2.45, 2.75) is 302 Å². The van der Waals surface area contributed by atoms with Crippen LogP contribution in [0.4, 0.5) is 0 Å². The number of hydrogen-bond acceptors (Lipinski definition) is 11. The van der Waals surface area contributed by atoms with Crippen molar-refractivity contribution in [1.82, 2.24) is 0 Å². The maximum atomic E-state index is 13.1. The van der Waals surface area contributed by atoms with Gasteiger partial charge in [0.2, 0.25) is 0 Å². The van der Waals surface area contributed by atoms with Gasteiger partial charge in [0.1, 0.15) is 18.8 Å². The molecule has 1 fully saturated rings. The van der Waals surface area contributed by atoms with Gasteiger partial charge in [-0.05, 0) is 83.5 Å². The van der Waals surface area contributed by atoms with E-state index in [1.54, 1.807) is 0 Å². The second kappa shape index (κ2) is 51.2. The van der Waals surface area contributed by atoms with Crippen LogP contribution in [0.1, 0.15) is 265 Å². The molecule has 0 aromatic carbocycles. The van der Waals surface area contributed by atoms with E-state index in [0.717, 1.165) is 103 Å². The summed E-state index contributed by atoms with van der Waals surface area (Å²) in [6, 6.07) is 0. The first-order valence-corrected chi connectivity index (χ1v) is 30.3. The van der Waals surface area contributed by atoms with Crippen molar-refractivity contribution in [3.8, 4) is 0 Å². The molecule has 1 heterocycles. The van der Waals surface area contributed by atoms with Crippen molar-refractivity contribution in [3.05, 3.63) is 60.8 Å². The number of aliphatic carboxylic acids is 1. The first-order chi connectivity index (χ1) is 36.6. The average Bonchev–Trinajstić information content (AvgIpc) is 3.39. The Hall–Kier alpha value is -3.58. The van der Waals surface area contributed by atoms with Gasteiger partial charge in [-0.15, -0.1) is 0 Å². The number of aliphatic hydroxyl groups excluding tert-OH is 2. The second-order valence-electron chi connectivity index (χ2n) is 20.6. The highest BCUT2D eigenvalue weighted by molar-refractivity contribution is 5.74. The van der Waals surface area contributed by atoms with Crippen LogP contribution in [0.25, 0.3) is 0 Å². The van der Waals surface area contributed by atoms with E-state index >= 15 is 0 Å². The zero-order valence-corrected chi connectivity index (χ0v) is 47.5. The maximum Gasteiger partial charge on any atom is 0.335 e. The van der Waals surface area contributed by atoms with Crippen LogP contribution in [0.3, 0.4) is 0 Å². The highest BCUT2D eigenvalue weighted by Gasteiger charge is 2.50. The van der Waals surface area contributed by atoms with Gasteiger partial charge in [-0.1, -0.05) is 223 Å². The summed E-state index contributed by atoms with van der Waals surface area (Å²) in [5, 5.41) is 31.5. The van der Waals surface area contributed by atoms with Crippen molar-refractivity contribution in [2.75, 3.05) is 13.2 Å². The Morgan fingerprint density at radius 2 is 0.840 bits per heavy atom. The number of allylic oxidation sites excluding steroid dienone is 10. The SMILES string of the molecule is CC/C=C\C/C=C\C/C=C\C/C=C\CCCCC(=O)OCC(COC1OC(C(=O)O)C(O)C(O)C1OC(=O)CCCCCCCCCCCCCCCCCCC)OC(=O)CCCCCCC/C=C\CCCCCC. The molecule has 0 aromatic rings. The molecule has 1 rings (SSSR count). The molecule has 1 saturated heterocycles. The summed E-state index contributed by atoms with van der Waals surface area (Å²) in [6.07, 6.45) is 50.5. The molecule has 0 amide bonds. The van der Waals surface area contributed by atoms with E-state index in [9.17, 15) is 34.5 Å². The lowest BCUT2D eigenvalue weighted by Gasteiger charge is -2.40. The van der Waals surface area contributed by atoms with Gasteiger partial charge in [0.05, 0.1) is 6.61 Å². The molecule has 6 atom stereocenters. The molecule has 12 heteroatoms. The lowest BCUT2D eigenvalue weighted by molar-refractivity contribution is -0.301. The fourth-order valence-electron chi connectivity index (χ4n) is 8.94. The zero-order valence-electron chi connectivity index (χ0n) is 47.5. The number of unbranched alkanes of at least 4 members (excludes halogenated alkanes) is 27. The maximum absolute atomic E-state index is 13.1. The zero-order chi connectivity index (χ0) is 54.7. The Morgan fingerprint density at radius 1 is 0.453 bits per heavy atom. The lowest BCUT2D eigenvalue weighted by atomic mass is 9.98. The molecular formula is C63H108O12. The predicted octanol–water partition coefficient (Wildman–Crippen LogP) is 15.6. The Kier molecular flexibility index (Phi) is 47.4. The molecule has 75 heavy (non-hydrogen) atoms.